The van der Waals surface area contributed by atoms with Crippen LogP contribution in [0.25, 0.3) is 0 Å². The zero-order chi connectivity index (χ0) is 14.3. The van der Waals surface area contributed by atoms with Crippen molar-refractivity contribution in [1.29, 1.82) is 0 Å². The number of aryl methyl sites for hydroxylation is 1. The molecule has 0 amide bonds. The van der Waals surface area contributed by atoms with Crippen molar-refractivity contribution >= 4 is 0 Å². The van der Waals surface area contributed by atoms with Crippen LogP contribution in [0.15, 0.2) is 18.3 Å². The van der Waals surface area contributed by atoms with Gasteiger partial charge >= 0.3 is 0 Å². The van der Waals surface area contributed by atoms with Crippen LogP contribution in [0, 0.1) is 17.3 Å². The topological polar surface area (TPSA) is 38.9 Å². The lowest BCUT2D eigenvalue weighted by atomic mass is 9.64. The summed E-state index contributed by atoms with van der Waals surface area (Å²) in [5.74, 6) is 2.04. The molecule has 0 aromatic carbocycles. The van der Waals surface area contributed by atoms with Gasteiger partial charge in [-0.1, -0.05) is 26.8 Å². The summed E-state index contributed by atoms with van der Waals surface area (Å²) in [5.41, 5.74) is 9.71. The van der Waals surface area contributed by atoms with E-state index in [-0.39, 0.29) is 0 Å². The number of aromatic nitrogens is 1. The van der Waals surface area contributed by atoms with Gasteiger partial charge in [-0.3, -0.25) is 4.98 Å². The lowest BCUT2D eigenvalue weighted by Gasteiger charge is -2.43. The lowest BCUT2D eigenvalue weighted by molar-refractivity contribution is 0.112. The standard InChI is InChI=1S/C18H28N2/c1-18(2,3)13-7-9-16(19)15(11-13)14-8-6-12-5-4-10-20-17(12)14/h4-5,10,13-16H,6-9,11,19H2,1-3H3. The van der Waals surface area contributed by atoms with E-state index in [0.29, 0.717) is 23.3 Å². The molecular weight excluding hydrogens is 244 g/mol. The highest BCUT2D eigenvalue weighted by molar-refractivity contribution is 5.29. The first kappa shape index (κ1) is 14.1. The molecular formula is C18H28N2. The van der Waals surface area contributed by atoms with Crippen molar-refractivity contribution < 1.29 is 0 Å². The summed E-state index contributed by atoms with van der Waals surface area (Å²) in [5, 5.41) is 0. The summed E-state index contributed by atoms with van der Waals surface area (Å²) >= 11 is 0. The van der Waals surface area contributed by atoms with E-state index >= 15 is 0 Å². The Balaban J connectivity index is 1.82. The van der Waals surface area contributed by atoms with Crippen molar-refractivity contribution in [2.45, 2.75) is 64.8 Å². The van der Waals surface area contributed by atoms with Crippen molar-refractivity contribution in [3.8, 4) is 0 Å². The molecule has 20 heavy (non-hydrogen) atoms. The second-order valence-corrected chi connectivity index (χ2v) is 7.90. The van der Waals surface area contributed by atoms with E-state index in [1.54, 1.807) is 0 Å². The zero-order valence-electron chi connectivity index (χ0n) is 13.1. The van der Waals surface area contributed by atoms with E-state index in [2.05, 4.69) is 37.9 Å². The van der Waals surface area contributed by atoms with Gasteiger partial charge in [-0.2, -0.15) is 0 Å². The smallest absolute Gasteiger partial charge is 0.0469 e. The Kier molecular flexibility index (Phi) is 3.62. The molecule has 1 saturated carbocycles. The van der Waals surface area contributed by atoms with Gasteiger partial charge in [-0.25, -0.2) is 0 Å². The van der Waals surface area contributed by atoms with E-state index in [1.165, 1.54) is 43.4 Å². The van der Waals surface area contributed by atoms with Crippen LogP contribution < -0.4 is 5.73 Å². The predicted molar refractivity (Wildman–Crippen MR) is 83.6 cm³/mol. The molecule has 0 bridgehead atoms. The Hall–Kier alpha value is -0.890. The molecule has 1 aromatic rings. The summed E-state index contributed by atoms with van der Waals surface area (Å²) in [6.45, 7) is 7.14. The third kappa shape index (κ3) is 2.50. The molecule has 2 nitrogen and oxygen atoms in total. The first-order valence-corrected chi connectivity index (χ1v) is 8.16. The van der Waals surface area contributed by atoms with E-state index < -0.39 is 0 Å². The SMILES string of the molecule is CC(C)(C)C1CCC(N)C(C2CCc3cccnc32)C1. The van der Waals surface area contributed by atoms with Crippen molar-refractivity contribution in [2.75, 3.05) is 0 Å². The molecule has 110 valence electrons. The quantitative estimate of drug-likeness (QED) is 0.842. The largest absolute Gasteiger partial charge is 0.327 e. The van der Waals surface area contributed by atoms with Crippen LogP contribution in [-0.2, 0) is 6.42 Å². The first-order chi connectivity index (χ1) is 9.47. The van der Waals surface area contributed by atoms with Crippen LogP contribution >= 0.6 is 0 Å². The van der Waals surface area contributed by atoms with Gasteiger partial charge in [0.25, 0.3) is 0 Å². The molecule has 0 radical (unpaired) electrons. The van der Waals surface area contributed by atoms with E-state index in [9.17, 15) is 0 Å². The monoisotopic (exact) mass is 272 g/mol. The minimum Gasteiger partial charge on any atom is -0.327 e. The predicted octanol–water partition coefficient (Wildman–Crippen LogP) is 3.90. The maximum Gasteiger partial charge on any atom is 0.0469 e. The maximum absolute atomic E-state index is 6.49. The second-order valence-electron chi connectivity index (χ2n) is 7.90. The Morgan fingerprint density at radius 2 is 2.00 bits per heavy atom. The van der Waals surface area contributed by atoms with Gasteiger partial charge in [0.2, 0.25) is 0 Å². The van der Waals surface area contributed by atoms with Gasteiger partial charge in [0.15, 0.2) is 0 Å². The number of pyridine rings is 1. The summed E-state index contributed by atoms with van der Waals surface area (Å²) in [4.78, 5) is 4.68. The third-order valence-corrected chi connectivity index (χ3v) is 5.70. The Morgan fingerprint density at radius 3 is 2.75 bits per heavy atom. The molecule has 1 aromatic heterocycles. The number of nitrogens with zero attached hydrogens (tertiary/aromatic N) is 1. The lowest BCUT2D eigenvalue weighted by Crippen LogP contribution is -2.42. The molecule has 0 aliphatic heterocycles. The molecule has 2 aliphatic carbocycles. The van der Waals surface area contributed by atoms with E-state index in [0.717, 1.165) is 5.92 Å². The highest BCUT2D eigenvalue weighted by Crippen LogP contribution is 2.47. The number of nitrogens with two attached hydrogens (primary N) is 1. The average Bonchev–Trinajstić information content (AvgIpc) is 2.82. The van der Waals surface area contributed by atoms with Crippen LogP contribution in [-0.4, -0.2) is 11.0 Å². The molecule has 1 fully saturated rings. The van der Waals surface area contributed by atoms with Crippen LogP contribution in [0.2, 0.25) is 0 Å². The number of rotatable bonds is 1. The molecule has 0 spiro atoms. The fraction of sp³-hybridized carbons (Fsp3) is 0.722. The first-order valence-electron chi connectivity index (χ1n) is 8.16. The maximum atomic E-state index is 6.49. The Labute approximate surface area is 123 Å². The van der Waals surface area contributed by atoms with E-state index in [4.69, 9.17) is 5.73 Å². The highest BCUT2D eigenvalue weighted by Gasteiger charge is 2.40. The molecule has 2 N–H and O–H groups in total. The summed E-state index contributed by atoms with van der Waals surface area (Å²) in [7, 11) is 0. The van der Waals surface area contributed by atoms with E-state index in [1.807, 2.05) is 6.20 Å². The number of hydrogen-bond donors (Lipinski definition) is 1. The van der Waals surface area contributed by atoms with Crippen molar-refractivity contribution in [3.63, 3.8) is 0 Å². The zero-order valence-corrected chi connectivity index (χ0v) is 13.1. The van der Waals surface area contributed by atoms with Gasteiger partial charge in [0.1, 0.15) is 0 Å². The summed E-state index contributed by atoms with van der Waals surface area (Å²) in [6.07, 6.45) is 8.16. The Morgan fingerprint density at radius 1 is 1.20 bits per heavy atom. The van der Waals surface area contributed by atoms with Crippen LogP contribution in [0.1, 0.15) is 63.6 Å². The average molecular weight is 272 g/mol. The van der Waals surface area contributed by atoms with Crippen molar-refractivity contribution in [2.24, 2.45) is 23.0 Å². The van der Waals surface area contributed by atoms with Crippen molar-refractivity contribution in [1.82, 2.24) is 4.98 Å². The van der Waals surface area contributed by atoms with Crippen LogP contribution in [0.5, 0.6) is 0 Å². The number of hydrogen-bond acceptors (Lipinski definition) is 2. The molecule has 1 heterocycles. The fourth-order valence-electron chi connectivity index (χ4n) is 4.34. The molecule has 2 aliphatic rings. The molecule has 3 rings (SSSR count). The molecule has 0 saturated heterocycles. The third-order valence-electron chi connectivity index (χ3n) is 5.70. The van der Waals surface area contributed by atoms with Gasteiger partial charge in [-0.15, -0.1) is 0 Å². The van der Waals surface area contributed by atoms with Gasteiger partial charge in [0.05, 0.1) is 0 Å². The summed E-state index contributed by atoms with van der Waals surface area (Å²) in [6, 6.07) is 4.68. The Bertz CT molecular complexity index is 475. The molecule has 4 atom stereocenters. The van der Waals surface area contributed by atoms with Crippen LogP contribution in [0.3, 0.4) is 0 Å². The molecule has 2 heteroatoms. The van der Waals surface area contributed by atoms with Crippen molar-refractivity contribution in [3.05, 3.63) is 29.6 Å². The van der Waals surface area contributed by atoms with Gasteiger partial charge in [-0.05, 0) is 61.0 Å². The minimum absolute atomic E-state index is 0.367. The molecule has 4 unspecified atom stereocenters. The highest BCUT2D eigenvalue weighted by atomic mass is 14.7. The van der Waals surface area contributed by atoms with Gasteiger partial charge < -0.3 is 5.73 Å². The van der Waals surface area contributed by atoms with Gasteiger partial charge in [0, 0.05) is 23.9 Å². The summed E-state index contributed by atoms with van der Waals surface area (Å²) < 4.78 is 0. The normalized spacial score (nSPS) is 34.0. The second kappa shape index (κ2) is 5.14. The minimum atomic E-state index is 0.367. The van der Waals surface area contributed by atoms with Crippen LogP contribution in [0.4, 0.5) is 0 Å². The fourth-order valence-corrected chi connectivity index (χ4v) is 4.34. The number of fused-ring (bicyclic) bond motifs is 1.